The molecule has 1 saturated carbocycles. The Balaban J connectivity index is 1.80. The fourth-order valence-corrected chi connectivity index (χ4v) is 2.79. The fourth-order valence-electron chi connectivity index (χ4n) is 2.79. The van der Waals surface area contributed by atoms with Crippen LogP contribution in [0.4, 0.5) is 4.79 Å². The van der Waals surface area contributed by atoms with Gasteiger partial charge < -0.3 is 4.52 Å². The van der Waals surface area contributed by atoms with Gasteiger partial charge in [-0.25, -0.2) is 9.69 Å². The average Bonchev–Trinajstić information content (AvgIpc) is 3.10. The molecule has 1 aromatic heterocycles. The van der Waals surface area contributed by atoms with Gasteiger partial charge in [0.15, 0.2) is 5.76 Å². The van der Waals surface area contributed by atoms with Gasteiger partial charge in [0, 0.05) is 12.1 Å². The van der Waals surface area contributed by atoms with Gasteiger partial charge in [0.1, 0.15) is 0 Å². The summed E-state index contributed by atoms with van der Waals surface area (Å²) in [6.07, 6.45) is 3.52. The van der Waals surface area contributed by atoms with Crippen LogP contribution in [-0.2, 0) is 16.1 Å². The molecule has 7 nitrogen and oxygen atoms in total. The summed E-state index contributed by atoms with van der Waals surface area (Å²) in [4.78, 5) is 38.2. The Hall–Kier alpha value is -2.18. The summed E-state index contributed by atoms with van der Waals surface area (Å²) in [5.41, 5.74) is 0.665. The molecular weight excluding hydrogens is 262 g/mol. The van der Waals surface area contributed by atoms with Crippen molar-refractivity contribution in [3.8, 4) is 0 Å². The molecule has 0 bridgehead atoms. The van der Waals surface area contributed by atoms with E-state index in [-0.39, 0.29) is 12.6 Å². The Labute approximate surface area is 115 Å². The number of rotatable bonds is 3. The molecule has 0 atom stereocenters. The van der Waals surface area contributed by atoms with Crippen LogP contribution in [0.2, 0.25) is 0 Å². The third-order valence-electron chi connectivity index (χ3n) is 3.76. The lowest BCUT2D eigenvalue weighted by molar-refractivity contribution is -0.144. The predicted molar refractivity (Wildman–Crippen MR) is 66.3 cm³/mol. The van der Waals surface area contributed by atoms with Crippen LogP contribution in [-0.4, -0.2) is 38.8 Å². The van der Waals surface area contributed by atoms with Crippen LogP contribution in [0.1, 0.15) is 37.1 Å². The molecule has 1 aromatic rings. The Morgan fingerprint density at radius 2 is 1.95 bits per heavy atom. The molecule has 1 aliphatic heterocycles. The third-order valence-corrected chi connectivity index (χ3v) is 3.76. The zero-order valence-corrected chi connectivity index (χ0v) is 11.2. The molecule has 2 fully saturated rings. The number of carbonyl (C=O) groups is 3. The van der Waals surface area contributed by atoms with Gasteiger partial charge >= 0.3 is 17.8 Å². The molecule has 4 amide bonds. The van der Waals surface area contributed by atoms with Crippen LogP contribution in [0.15, 0.2) is 10.6 Å². The number of amides is 4. The molecule has 7 heteroatoms. The molecule has 3 rings (SSSR count). The first-order valence-electron chi connectivity index (χ1n) is 6.69. The normalized spacial score (nSPS) is 20.6. The highest BCUT2D eigenvalue weighted by Gasteiger charge is 2.48. The van der Waals surface area contributed by atoms with E-state index in [4.69, 9.17) is 4.52 Å². The minimum Gasteiger partial charge on any atom is -0.359 e. The van der Waals surface area contributed by atoms with Crippen LogP contribution < -0.4 is 0 Å². The van der Waals surface area contributed by atoms with E-state index >= 15 is 0 Å². The lowest BCUT2D eigenvalue weighted by Crippen LogP contribution is -2.39. The number of imide groups is 2. The Morgan fingerprint density at radius 3 is 2.55 bits per heavy atom. The Bertz CT molecular complexity index is 574. The summed E-state index contributed by atoms with van der Waals surface area (Å²) >= 11 is 0. The maximum absolute atomic E-state index is 12.3. The van der Waals surface area contributed by atoms with Crippen LogP contribution in [0.5, 0.6) is 0 Å². The summed E-state index contributed by atoms with van der Waals surface area (Å²) in [5.74, 6) is -1.11. The number of urea groups is 1. The van der Waals surface area contributed by atoms with Crippen molar-refractivity contribution in [3.05, 3.63) is 17.5 Å². The van der Waals surface area contributed by atoms with Crippen molar-refractivity contribution in [3.63, 3.8) is 0 Å². The number of nitrogens with zero attached hydrogens (tertiary/aromatic N) is 3. The van der Waals surface area contributed by atoms with Crippen molar-refractivity contribution in [2.45, 2.75) is 45.2 Å². The summed E-state index contributed by atoms with van der Waals surface area (Å²) < 4.78 is 4.99. The van der Waals surface area contributed by atoms with E-state index in [0.717, 1.165) is 35.5 Å². The van der Waals surface area contributed by atoms with Gasteiger partial charge in [-0.05, 0) is 19.8 Å². The molecule has 0 spiro atoms. The smallest absolute Gasteiger partial charge is 0.334 e. The molecule has 106 valence electrons. The first kappa shape index (κ1) is 12.8. The summed E-state index contributed by atoms with van der Waals surface area (Å²) in [6.45, 7) is 1.70. The highest BCUT2D eigenvalue weighted by molar-refractivity contribution is 6.44. The number of aromatic nitrogens is 1. The second-order valence-electron chi connectivity index (χ2n) is 5.22. The predicted octanol–water partition coefficient (Wildman–Crippen LogP) is 1.22. The topological polar surface area (TPSA) is 83.7 Å². The summed E-state index contributed by atoms with van der Waals surface area (Å²) in [7, 11) is 0. The molecule has 2 heterocycles. The summed E-state index contributed by atoms with van der Waals surface area (Å²) in [5, 5.41) is 3.70. The molecule has 0 radical (unpaired) electrons. The Kier molecular flexibility index (Phi) is 3.04. The van der Waals surface area contributed by atoms with E-state index in [9.17, 15) is 14.4 Å². The first-order valence-corrected chi connectivity index (χ1v) is 6.69. The number of hydrogen-bond acceptors (Lipinski definition) is 5. The van der Waals surface area contributed by atoms with Crippen molar-refractivity contribution in [1.29, 1.82) is 0 Å². The third kappa shape index (κ3) is 1.99. The van der Waals surface area contributed by atoms with Gasteiger partial charge in [-0.3, -0.25) is 14.5 Å². The molecular formula is C13H15N3O4. The number of aryl methyl sites for hydroxylation is 1. The van der Waals surface area contributed by atoms with Crippen molar-refractivity contribution < 1.29 is 18.9 Å². The standard InChI is InChI=1S/C13H15N3O4/c1-8-6-10(20-14-8)7-15-11(17)12(18)16(13(15)19)9-4-2-3-5-9/h6,9H,2-5,7H2,1H3. The minimum atomic E-state index is -0.782. The van der Waals surface area contributed by atoms with E-state index in [1.54, 1.807) is 13.0 Å². The van der Waals surface area contributed by atoms with Crippen LogP contribution in [0.3, 0.4) is 0 Å². The first-order chi connectivity index (χ1) is 9.58. The molecule has 0 N–H and O–H groups in total. The minimum absolute atomic E-state index is 0.0481. The zero-order valence-electron chi connectivity index (χ0n) is 11.2. The fraction of sp³-hybridized carbons (Fsp3) is 0.538. The highest BCUT2D eigenvalue weighted by Crippen LogP contribution is 2.28. The van der Waals surface area contributed by atoms with Gasteiger partial charge in [-0.15, -0.1) is 0 Å². The van der Waals surface area contributed by atoms with Crippen LogP contribution >= 0.6 is 0 Å². The number of hydrogen-bond donors (Lipinski definition) is 0. The van der Waals surface area contributed by atoms with Gasteiger partial charge in [0.2, 0.25) is 0 Å². The monoisotopic (exact) mass is 277 g/mol. The lowest BCUT2D eigenvalue weighted by atomic mass is 10.2. The van der Waals surface area contributed by atoms with Gasteiger partial charge in [0.05, 0.1) is 12.2 Å². The van der Waals surface area contributed by atoms with Gasteiger partial charge in [-0.1, -0.05) is 18.0 Å². The molecule has 2 aliphatic rings. The van der Waals surface area contributed by atoms with Gasteiger partial charge in [0.25, 0.3) is 0 Å². The second kappa shape index (κ2) is 4.73. The van der Waals surface area contributed by atoms with E-state index < -0.39 is 17.8 Å². The largest absolute Gasteiger partial charge is 0.359 e. The Morgan fingerprint density at radius 1 is 1.25 bits per heavy atom. The maximum Gasteiger partial charge on any atom is 0.334 e. The molecule has 1 aliphatic carbocycles. The number of carbonyl (C=O) groups excluding carboxylic acids is 3. The van der Waals surface area contributed by atoms with Crippen molar-refractivity contribution in [2.24, 2.45) is 0 Å². The zero-order chi connectivity index (χ0) is 14.3. The molecule has 1 saturated heterocycles. The molecule has 0 unspecified atom stereocenters. The molecule has 0 aromatic carbocycles. The maximum atomic E-state index is 12.3. The van der Waals surface area contributed by atoms with E-state index in [0.29, 0.717) is 11.5 Å². The van der Waals surface area contributed by atoms with Crippen LogP contribution in [0, 0.1) is 6.92 Å². The quantitative estimate of drug-likeness (QED) is 0.612. The van der Waals surface area contributed by atoms with E-state index in [2.05, 4.69) is 5.16 Å². The summed E-state index contributed by atoms with van der Waals surface area (Å²) in [6, 6.07) is 0.963. The van der Waals surface area contributed by atoms with Crippen molar-refractivity contribution in [2.75, 3.05) is 0 Å². The van der Waals surface area contributed by atoms with Crippen molar-refractivity contribution in [1.82, 2.24) is 15.0 Å². The average molecular weight is 277 g/mol. The van der Waals surface area contributed by atoms with Crippen LogP contribution in [0.25, 0.3) is 0 Å². The lowest BCUT2D eigenvalue weighted by Gasteiger charge is -2.20. The van der Waals surface area contributed by atoms with Gasteiger partial charge in [-0.2, -0.15) is 0 Å². The van der Waals surface area contributed by atoms with E-state index in [1.807, 2.05) is 0 Å². The second-order valence-corrected chi connectivity index (χ2v) is 5.22. The highest BCUT2D eigenvalue weighted by atomic mass is 16.5. The van der Waals surface area contributed by atoms with Crippen molar-refractivity contribution >= 4 is 17.8 Å². The SMILES string of the molecule is Cc1cc(CN2C(=O)C(=O)N(C3CCCC3)C2=O)on1. The molecule has 20 heavy (non-hydrogen) atoms. The van der Waals surface area contributed by atoms with E-state index in [1.165, 1.54) is 0 Å².